The summed E-state index contributed by atoms with van der Waals surface area (Å²) in [4.78, 5) is 11.8. The van der Waals surface area contributed by atoms with Gasteiger partial charge in [0.1, 0.15) is 11.5 Å². The van der Waals surface area contributed by atoms with Crippen LogP contribution in [0.5, 0.6) is 11.5 Å². The van der Waals surface area contributed by atoms with Gasteiger partial charge in [-0.15, -0.1) is 0 Å². The maximum absolute atomic E-state index is 11.8. The van der Waals surface area contributed by atoms with Gasteiger partial charge in [-0.25, -0.2) is 0 Å². The van der Waals surface area contributed by atoms with Crippen LogP contribution >= 0.6 is 11.6 Å². The SMILES string of the molecule is COc1cc(NC(=O)COc2ccc(Cl)cc2)ccc1N. The van der Waals surface area contributed by atoms with E-state index in [9.17, 15) is 4.79 Å². The molecule has 0 unspecified atom stereocenters. The fourth-order valence-electron chi connectivity index (χ4n) is 1.67. The lowest BCUT2D eigenvalue weighted by atomic mass is 10.2. The molecule has 6 heteroatoms. The van der Waals surface area contributed by atoms with Crippen molar-refractivity contribution in [2.45, 2.75) is 0 Å². The van der Waals surface area contributed by atoms with Crippen molar-refractivity contribution in [3.8, 4) is 11.5 Å². The topological polar surface area (TPSA) is 73.6 Å². The van der Waals surface area contributed by atoms with Crippen LogP contribution in [0, 0.1) is 0 Å². The first-order valence-corrected chi connectivity index (χ1v) is 6.58. The molecule has 3 N–H and O–H groups in total. The summed E-state index contributed by atoms with van der Waals surface area (Å²) in [6, 6.07) is 11.8. The smallest absolute Gasteiger partial charge is 0.262 e. The van der Waals surface area contributed by atoms with Crippen molar-refractivity contribution in [3.63, 3.8) is 0 Å². The van der Waals surface area contributed by atoms with Gasteiger partial charge in [-0.05, 0) is 36.4 Å². The Morgan fingerprint density at radius 1 is 1.24 bits per heavy atom. The number of anilines is 2. The molecule has 0 saturated heterocycles. The number of nitrogens with two attached hydrogens (primary N) is 1. The first kappa shape index (κ1) is 15.0. The summed E-state index contributed by atoms with van der Waals surface area (Å²) in [5.41, 5.74) is 6.80. The first-order valence-electron chi connectivity index (χ1n) is 6.20. The van der Waals surface area contributed by atoms with Crippen molar-refractivity contribution in [2.24, 2.45) is 0 Å². The molecule has 0 spiro atoms. The number of amides is 1. The van der Waals surface area contributed by atoms with E-state index in [2.05, 4.69) is 5.32 Å². The second kappa shape index (κ2) is 6.85. The predicted octanol–water partition coefficient (Wildman–Crippen LogP) is 2.95. The average Bonchev–Trinajstić information content (AvgIpc) is 2.48. The van der Waals surface area contributed by atoms with Gasteiger partial charge in [-0.1, -0.05) is 11.6 Å². The molecule has 0 aliphatic heterocycles. The molecule has 0 radical (unpaired) electrons. The van der Waals surface area contributed by atoms with Gasteiger partial charge in [0.25, 0.3) is 5.91 Å². The van der Waals surface area contributed by atoms with E-state index in [0.29, 0.717) is 27.9 Å². The second-order valence-electron chi connectivity index (χ2n) is 4.25. The Kier molecular flexibility index (Phi) is 4.90. The Morgan fingerprint density at radius 3 is 2.62 bits per heavy atom. The highest BCUT2D eigenvalue weighted by molar-refractivity contribution is 6.30. The highest BCUT2D eigenvalue weighted by Crippen LogP contribution is 2.24. The lowest BCUT2D eigenvalue weighted by molar-refractivity contribution is -0.118. The molecule has 5 nitrogen and oxygen atoms in total. The van der Waals surface area contributed by atoms with Gasteiger partial charge < -0.3 is 20.5 Å². The Balaban J connectivity index is 1.91. The highest BCUT2D eigenvalue weighted by atomic mass is 35.5. The highest BCUT2D eigenvalue weighted by Gasteiger charge is 2.06. The minimum Gasteiger partial charge on any atom is -0.495 e. The molecule has 0 aromatic heterocycles. The predicted molar refractivity (Wildman–Crippen MR) is 83.0 cm³/mol. The summed E-state index contributed by atoms with van der Waals surface area (Å²) >= 11 is 5.77. The zero-order valence-electron chi connectivity index (χ0n) is 11.4. The molecular formula is C15H15ClN2O3. The first-order chi connectivity index (χ1) is 10.1. The van der Waals surface area contributed by atoms with Gasteiger partial charge in [0, 0.05) is 16.8 Å². The largest absolute Gasteiger partial charge is 0.495 e. The molecule has 2 aromatic carbocycles. The van der Waals surface area contributed by atoms with Gasteiger partial charge in [-0.2, -0.15) is 0 Å². The van der Waals surface area contributed by atoms with E-state index in [1.165, 1.54) is 7.11 Å². The molecule has 21 heavy (non-hydrogen) atoms. The number of nitrogen functional groups attached to an aromatic ring is 1. The molecule has 2 rings (SSSR count). The maximum Gasteiger partial charge on any atom is 0.262 e. The Labute approximate surface area is 127 Å². The Bertz CT molecular complexity index is 629. The van der Waals surface area contributed by atoms with Crippen LogP contribution in [0.2, 0.25) is 5.02 Å². The van der Waals surface area contributed by atoms with Crippen molar-refractivity contribution >= 4 is 28.9 Å². The fraction of sp³-hybridized carbons (Fsp3) is 0.133. The van der Waals surface area contributed by atoms with E-state index in [4.69, 9.17) is 26.8 Å². The maximum atomic E-state index is 11.8. The van der Waals surface area contributed by atoms with E-state index < -0.39 is 0 Å². The van der Waals surface area contributed by atoms with Crippen LogP contribution in [0.1, 0.15) is 0 Å². The van der Waals surface area contributed by atoms with Crippen molar-refractivity contribution < 1.29 is 14.3 Å². The zero-order chi connectivity index (χ0) is 15.2. The number of benzene rings is 2. The van der Waals surface area contributed by atoms with Crippen molar-refractivity contribution in [3.05, 3.63) is 47.5 Å². The zero-order valence-corrected chi connectivity index (χ0v) is 12.2. The lowest BCUT2D eigenvalue weighted by Gasteiger charge is -2.10. The molecule has 1 amide bonds. The molecular weight excluding hydrogens is 292 g/mol. The molecule has 2 aromatic rings. The van der Waals surface area contributed by atoms with E-state index in [1.54, 1.807) is 42.5 Å². The number of hydrogen-bond donors (Lipinski definition) is 2. The van der Waals surface area contributed by atoms with Gasteiger partial charge in [0.2, 0.25) is 0 Å². The lowest BCUT2D eigenvalue weighted by Crippen LogP contribution is -2.20. The molecule has 0 aliphatic carbocycles. The Morgan fingerprint density at radius 2 is 1.95 bits per heavy atom. The number of rotatable bonds is 5. The monoisotopic (exact) mass is 306 g/mol. The number of hydrogen-bond acceptors (Lipinski definition) is 4. The van der Waals surface area contributed by atoms with Crippen LogP contribution in [-0.2, 0) is 4.79 Å². The van der Waals surface area contributed by atoms with E-state index >= 15 is 0 Å². The summed E-state index contributed by atoms with van der Waals surface area (Å²) in [5.74, 6) is 0.799. The van der Waals surface area contributed by atoms with E-state index in [-0.39, 0.29) is 12.5 Å². The Hall–Kier alpha value is -2.40. The van der Waals surface area contributed by atoms with E-state index in [0.717, 1.165) is 0 Å². The minimum absolute atomic E-state index is 0.103. The molecule has 0 bridgehead atoms. The summed E-state index contributed by atoms with van der Waals surface area (Å²) in [7, 11) is 1.51. The van der Waals surface area contributed by atoms with Gasteiger partial charge in [0.05, 0.1) is 12.8 Å². The van der Waals surface area contributed by atoms with Crippen LogP contribution in [0.3, 0.4) is 0 Å². The summed E-state index contributed by atoms with van der Waals surface area (Å²) in [6.45, 7) is -0.103. The summed E-state index contributed by atoms with van der Waals surface area (Å²) in [6.07, 6.45) is 0. The number of carbonyl (C=O) groups excluding carboxylic acids is 1. The number of ether oxygens (including phenoxy) is 2. The average molecular weight is 307 g/mol. The third-order valence-corrected chi connectivity index (χ3v) is 2.95. The van der Waals surface area contributed by atoms with E-state index in [1.807, 2.05) is 0 Å². The van der Waals surface area contributed by atoms with Crippen molar-refractivity contribution in [2.75, 3.05) is 24.8 Å². The van der Waals surface area contributed by atoms with Gasteiger partial charge >= 0.3 is 0 Å². The molecule has 0 saturated carbocycles. The van der Waals surface area contributed by atoms with Gasteiger partial charge in [0.15, 0.2) is 6.61 Å². The van der Waals surface area contributed by atoms with Crippen LogP contribution in [-0.4, -0.2) is 19.6 Å². The van der Waals surface area contributed by atoms with Crippen LogP contribution in [0.15, 0.2) is 42.5 Å². The number of halogens is 1. The number of methoxy groups -OCH3 is 1. The van der Waals surface area contributed by atoms with Crippen LogP contribution in [0.25, 0.3) is 0 Å². The number of carbonyl (C=O) groups is 1. The summed E-state index contributed by atoms with van der Waals surface area (Å²) < 4.78 is 10.4. The van der Waals surface area contributed by atoms with Crippen LogP contribution < -0.4 is 20.5 Å². The summed E-state index contributed by atoms with van der Waals surface area (Å²) in [5, 5.41) is 3.31. The third-order valence-electron chi connectivity index (χ3n) is 2.70. The standard InChI is InChI=1S/C15H15ClN2O3/c1-20-14-8-11(4-7-13(14)17)18-15(19)9-21-12-5-2-10(16)3-6-12/h2-8H,9,17H2,1H3,(H,18,19). The molecule has 110 valence electrons. The molecule has 0 atom stereocenters. The van der Waals surface area contributed by atoms with Crippen molar-refractivity contribution in [1.82, 2.24) is 0 Å². The minimum atomic E-state index is -0.281. The molecule has 0 heterocycles. The number of nitrogens with one attached hydrogen (secondary N) is 1. The molecule has 0 fully saturated rings. The van der Waals surface area contributed by atoms with Gasteiger partial charge in [-0.3, -0.25) is 4.79 Å². The normalized spacial score (nSPS) is 10.0. The quantitative estimate of drug-likeness (QED) is 0.833. The molecule has 0 aliphatic rings. The third kappa shape index (κ3) is 4.29. The van der Waals surface area contributed by atoms with Crippen molar-refractivity contribution in [1.29, 1.82) is 0 Å². The van der Waals surface area contributed by atoms with Crippen LogP contribution in [0.4, 0.5) is 11.4 Å². The second-order valence-corrected chi connectivity index (χ2v) is 4.68. The fourth-order valence-corrected chi connectivity index (χ4v) is 1.79.